The monoisotopic (exact) mass is 332 g/mol. The molecule has 4 saturated carbocycles. The number of carbonyl (C=O) groups is 2. The topological polar surface area (TPSA) is 83.8 Å². The zero-order valence-electron chi connectivity index (χ0n) is 14.0. The lowest BCUT2D eigenvalue weighted by Gasteiger charge is -2.44. The molecule has 5 rings (SSSR count). The number of allylic oxidation sites excluding steroid dienone is 1. The Morgan fingerprint density at radius 1 is 1.33 bits per heavy atom. The molecule has 4 aliphatic carbocycles. The number of carbonyl (C=O) groups excluding carboxylic acids is 1. The van der Waals surface area contributed by atoms with Crippen molar-refractivity contribution < 1.29 is 24.5 Å². The highest BCUT2D eigenvalue weighted by Crippen LogP contribution is 2.77. The zero-order chi connectivity index (χ0) is 17.1. The molecule has 5 heteroatoms. The van der Waals surface area contributed by atoms with Gasteiger partial charge in [-0.3, -0.25) is 9.59 Å². The maximum absolute atomic E-state index is 12.7. The molecule has 0 amide bonds. The van der Waals surface area contributed by atoms with Gasteiger partial charge in [0.25, 0.3) is 0 Å². The van der Waals surface area contributed by atoms with Gasteiger partial charge in [-0.2, -0.15) is 0 Å². The highest BCUT2D eigenvalue weighted by molar-refractivity contribution is 5.85. The lowest BCUT2D eigenvalue weighted by Crippen LogP contribution is -2.53. The van der Waals surface area contributed by atoms with Crippen molar-refractivity contribution in [3.05, 3.63) is 12.2 Å². The Labute approximate surface area is 141 Å². The normalized spacial score (nSPS) is 57.5. The smallest absolute Gasteiger partial charge is 0.315 e. The lowest BCUT2D eigenvalue weighted by molar-refractivity contribution is -0.162. The summed E-state index contributed by atoms with van der Waals surface area (Å²) in [6, 6.07) is 0. The number of rotatable bonds is 1. The van der Waals surface area contributed by atoms with Crippen molar-refractivity contribution in [2.75, 3.05) is 0 Å². The van der Waals surface area contributed by atoms with Crippen molar-refractivity contribution in [3.63, 3.8) is 0 Å². The van der Waals surface area contributed by atoms with E-state index < -0.39 is 40.9 Å². The number of aliphatic hydroxyl groups is 1. The van der Waals surface area contributed by atoms with Gasteiger partial charge in [0.2, 0.25) is 0 Å². The fraction of sp³-hybridized carbons (Fsp3) is 0.789. The standard InChI is InChI=1S/C19H24O5/c1-9-7-18-8-10(9)3-4-11(18)19-6-5-12(20)17(2,16(23)24-19)14(19)13(18)15(21)22/h10-14,20H,1,3-8H2,2H3,(H,21,22). The predicted octanol–water partition coefficient (Wildman–Crippen LogP) is 2.14. The molecular formula is C19H24O5. The Balaban J connectivity index is 1.76. The van der Waals surface area contributed by atoms with E-state index in [1.54, 1.807) is 6.92 Å². The third-order valence-corrected chi connectivity index (χ3v) is 8.46. The van der Waals surface area contributed by atoms with Gasteiger partial charge in [-0.15, -0.1) is 0 Å². The molecule has 1 aliphatic heterocycles. The molecule has 0 aromatic carbocycles. The van der Waals surface area contributed by atoms with E-state index in [0.717, 1.165) is 25.7 Å². The molecule has 4 bridgehead atoms. The van der Waals surface area contributed by atoms with E-state index in [1.807, 2.05) is 0 Å². The van der Waals surface area contributed by atoms with E-state index in [2.05, 4.69) is 6.58 Å². The van der Waals surface area contributed by atoms with Crippen molar-refractivity contribution in [2.24, 2.45) is 34.5 Å². The van der Waals surface area contributed by atoms with Crippen molar-refractivity contribution in [2.45, 2.75) is 57.2 Å². The quantitative estimate of drug-likeness (QED) is 0.568. The van der Waals surface area contributed by atoms with Crippen LogP contribution in [-0.2, 0) is 14.3 Å². The molecule has 2 N–H and O–H groups in total. The highest BCUT2D eigenvalue weighted by atomic mass is 16.6. The molecule has 5 fully saturated rings. The number of aliphatic hydroxyl groups excluding tert-OH is 1. The first-order valence-electron chi connectivity index (χ1n) is 9.09. The maximum atomic E-state index is 12.7. The van der Waals surface area contributed by atoms with Crippen molar-refractivity contribution in [3.8, 4) is 0 Å². The number of carboxylic acids is 1. The lowest BCUT2D eigenvalue weighted by atomic mass is 9.59. The molecule has 5 aliphatic rings. The fourth-order valence-electron chi connectivity index (χ4n) is 7.66. The maximum Gasteiger partial charge on any atom is 0.315 e. The molecule has 1 saturated heterocycles. The van der Waals surface area contributed by atoms with Crippen LogP contribution in [0.3, 0.4) is 0 Å². The molecule has 0 aromatic rings. The average Bonchev–Trinajstić information content (AvgIpc) is 2.98. The molecular weight excluding hydrogens is 308 g/mol. The van der Waals surface area contributed by atoms with E-state index in [4.69, 9.17) is 4.74 Å². The third kappa shape index (κ3) is 1.29. The van der Waals surface area contributed by atoms with Crippen LogP contribution < -0.4 is 0 Å². The Morgan fingerprint density at radius 3 is 2.79 bits per heavy atom. The van der Waals surface area contributed by atoms with Crippen LogP contribution in [0.5, 0.6) is 0 Å². The Hall–Kier alpha value is -1.36. The van der Waals surface area contributed by atoms with Crippen LogP contribution in [0, 0.1) is 34.5 Å². The number of aliphatic carboxylic acids is 1. The number of esters is 1. The SMILES string of the molecule is C=C1CC23CC1CCC2C12CCC(O)C(C)(C(=O)O1)C2C3C(=O)O. The number of fused-ring (bicyclic) bond motifs is 1. The van der Waals surface area contributed by atoms with Crippen molar-refractivity contribution in [1.82, 2.24) is 0 Å². The number of carboxylic acid groups (broad SMARTS) is 1. The summed E-state index contributed by atoms with van der Waals surface area (Å²) >= 11 is 0. The van der Waals surface area contributed by atoms with Crippen molar-refractivity contribution >= 4 is 11.9 Å². The summed E-state index contributed by atoms with van der Waals surface area (Å²) in [7, 11) is 0. The third-order valence-electron chi connectivity index (χ3n) is 8.46. The van der Waals surface area contributed by atoms with Gasteiger partial charge >= 0.3 is 11.9 Å². The number of hydrogen-bond acceptors (Lipinski definition) is 4. The second kappa shape index (κ2) is 4.06. The minimum Gasteiger partial charge on any atom is -0.481 e. The van der Waals surface area contributed by atoms with Gasteiger partial charge < -0.3 is 14.9 Å². The van der Waals surface area contributed by atoms with E-state index >= 15 is 0 Å². The second-order valence-corrected chi connectivity index (χ2v) is 9.07. The summed E-state index contributed by atoms with van der Waals surface area (Å²) in [5.41, 5.74) is -0.953. The first-order chi connectivity index (χ1) is 11.3. The largest absolute Gasteiger partial charge is 0.481 e. The molecule has 8 unspecified atom stereocenters. The molecule has 130 valence electrons. The Kier molecular flexibility index (Phi) is 2.53. The fourth-order valence-corrected chi connectivity index (χ4v) is 7.66. The van der Waals surface area contributed by atoms with E-state index in [9.17, 15) is 19.8 Å². The minimum atomic E-state index is -1.09. The van der Waals surface area contributed by atoms with Gasteiger partial charge in [0.1, 0.15) is 5.60 Å². The van der Waals surface area contributed by atoms with Gasteiger partial charge in [-0.25, -0.2) is 0 Å². The Bertz CT molecular complexity index is 685. The average molecular weight is 332 g/mol. The van der Waals surface area contributed by atoms with Gasteiger partial charge in [-0.05, 0) is 56.8 Å². The summed E-state index contributed by atoms with van der Waals surface area (Å²) in [6.45, 7) is 5.95. The van der Waals surface area contributed by atoms with Crippen LogP contribution in [0.15, 0.2) is 12.2 Å². The summed E-state index contributed by atoms with van der Waals surface area (Å²) < 4.78 is 6.01. The van der Waals surface area contributed by atoms with Crippen LogP contribution in [0.1, 0.15) is 45.4 Å². The Morgan fingerprint density at radius 2 is 2.08 bits per heavy atom. The van der Waals surface area contributed by atoms with Gasteiger partial charge in [0, 0.05) is 11.8 Å². The molecule has 0 radical (unpaired) electrons. The number of hydrogen-bond donors (Lipinski definition) is 2. The van der Waals surface area contributed by atoms with E-state index in [1.165, 1.54) is 5.57 Å². The van der Waals surface area contributed by atoms with Gasteiger partial charge in [0.15, 0.2) is 0 Å². The first-order valence-corrected chi connectivity index (χ1v) is 9.09. The van der Waals surface area contributed by atoms with E-state index in [0.29, 0.717) is 18.8 Å². The highest BCUT2D eigenvalue weighted by Gasteiger charge is 2.83. The summed E-state index contributed by atoms with van der Waals surface area (Å²) in [5, 5.41) is 20.8. The van der Waals surface area contributed by atoms with Crippen molar-refractivity contribution in [1.29, 1.82) is 0 Å². The molecule has 0 aromatic heterocycles. The first kappa shape index (κ1) is 14.9. The minimum absolute atomic E-state index is 0.0878. The van der Waals surface area contributed by atoms with Crippen LogP contribution in [0.25, 0.3) is 0 Å². The predicted molar refractivity (Wildman–Crippen MR) is 83.8 cm³/mol. The van der Waals surface area contributed by atoms with Gasteiger partial charge in [0.05, 0.1) is 17.4 Å². The molecule has 1 heterocycles. The number of ether oxygens (including phenoxy) is 1. The van der Waals surface area contributed by atoms with Gasteiger partial charge in [-0.1, -0.05) is 12.2 Å². The summed E-state index contributed by atoms with van der Waals surface area (Å²) in [6.07, 6.45) is 3.81. The molecule has 8 atom stereocenters. The van der Waals surface area contributed by atoms with Crippen LogP contribution in [-0.4, -0.2) is 33.9 Å². The van der Waals surface area contributed by atoms with Crippen LogP contribution in [0.4, 0.5) is 0 Å². The second-order valence-electron chi connectivity index (χ2n) is 9.07. The molecule has 24 heavy (non-hydrogen) atoms. The molecule has 5 nitrogen and oxygen atoms in total. The van der Waals surface area contributed by atoms with Crippen LogP contribution >= 0.6 is 0 Å². The summed E-state index contributed by atoms with van der Waals surface area (Å²) in [4.78, 5) is 25.1. The summed E-state index contributed by atoms with van der Waals surface area (Å²) in [5.74, 6) is -1.78. The zero-order valence-corrected chi connectivity index (χ0v) is 14.0. The van der Waals surface area contributed by atoms with Crippen LogP contribution in [0.2, 0.25) is 0 Å². The molecule has 1 spiro atoms. The van der Waals surface area contributed by atoms with E-state index in [-0.39, 0.29) is 11.3 Å².